The maximum atomic E-state index is 5.09. The highest BCUT2D eigenvalue weighted by molar-refractivity contribution is 7.99. The van der Waals surface area contributed by atoms with E-state index in [1.807, 2.05) is 11.3 Å². The van der Waals surface area contributed by atoms with Crippen LogP contribution in [0.5, 0.6) is 0 Å². The van der Waals surface area contributed by atoms with Gasteiger partial charge in [-0.15, -0.1) is 21.5 Å². The van der Waals surface area contributed by atoms with Crippen LogP contribution >= 0.6 is 34.9 Å². The molecule has 0 bridgehead atoms. The lowest BCUT2D eigenvalue weighted by Gasteiger charge is -2.11. The first-order valence-electron chi connectivity index (χ1n) is 9.34. The summed E-state index contributed by atoms with van der Waals surface area (Å²) in [5.41, 5.74) is 3.77. The molecule has 0 unspecified atom stereocenters. The van der Waals surface area contributed by atoms with Crippen LogP contribution in [0.25, 0.3) is 15.9 Å². The number of aryl methyl sites for hydroxylation is 2. The van der Waals surface area contributed by atoms with E-state index in [1.54, 1.807) is 23.5 Å². The highest BCUT2D eigenvalue weighted by atomic mass is 32.2. The van der Waals surface area contributed by atoms with Crippen LogP contribution in [-0.2, 0) is 18.6 Å². The predicted molar refractivity (Wildman–Crippen MR) is 115 cm³/mol. The van der Waals surface area contributed by atoms with Crippen molar-refractivity contribution in [3.63, 3.8) is 0 Å². The minimum Gasteiger partial charge on any atom is -0.247 e. The smallest absolute Gasteiger partial charge is 0.197 e. The molecule has 1 aromatic carbocycles. The van der Waals surface area contributed by atoms with Gasteiger partial charge < -0.3 is 0 Å². The zero-order chi connectivity index (χ0) is 18.2. The second-order valence-electron chi connectivity index (χ2n) is 6.63. The summed E-state index contributed by atoms with van der Waals surface area (Å²) in [5.74, 6) is 1.87. The number of benzene rings is 1. The van der Waals surface area contributed by atoms with Gasteiger partial charge in [-0.25, -0.2) is 9.38 Å². The minimum absolute atomic E-state index is 0.897. The Morgan fingerprint density at radius 3 is 2.74 bits per heavy atom. The van der Waals surface area contributed by atoms with E-state index in [1.165, 1.54) is 40.7 Å². The highest BCUT2D eigenvalue weighted by Crippen LogP contribution is 2.39. The van der Waals surface area contributed by atoms with Crippen LogP contribution < -0.4 is 0 Å². The SMILES string of the molecule is CCSc1nnc2c3c4c(sc3nc(SCc3ccccc3)n12)CCCC4. The Kier molecular flexibility index (Phi) is 4.83. The molecule has 7 heteroatoms. The molecule has 0 amide bonds. The van der Waals surface area contributed by atoms with Gasteiger partial charge in [-0.1, -0.05) is 60.8 Å². The number of thiophene rings is 1. The molecule has 4 aromatic rings. The Morgan fingerprint density at radius 1 is 1.04 bits per heavy atom. The number of fused-ring (bicyclic) bond motifs is 5. The van der Waals surface area contributed by atoms with Gasteiger partial charge in [0.1, 0.15) is 4.83 Å². The number of rotatable bonds is 5. The number of hydrogen-bond acceptors (Lipinski definition) is 6. The van der Waals surface area contributed by atoms with Gasteiger partial charge >= 0.3 is 0 Å². The van der Waals surface area contributed by atoms with Crippen molar-refractivity contribution in [2.24, 2.45) is 0 Å². The van der Waals surface area contributed by atoms with Crippen molar-refractivity contribution < 1.29 is 0 Å². The summed E-state index contributed by atoms with van der Waals surface area (Å²) in [4.78, 5) is 7.72. The lowest BCUT2D eigenvalue weighted by molar-refractivity contribution is 0.700. The van der Waals surface area contributed by atoms with E-state index in [4.69, 9.17) is 4.98 Å². The van der Waals surface area contributed by atoms with Crippen LogP contribution in [0, 0.1) is 0 Å². The first-order valence-corrected chi connectivity index (χ1v) is 12.1. The summed E-state index contributed by atoms with van der Waals surface area (Å²) in [6.07, 6.45) is 4.88. The maximum absolute atomic E-state index is 5.09. The third-order valence-corrected chi connectivity index (χ3v) is 7.89. The molecule has 3 heterocycles. The van der Waals surface area contributed by atoms with E-state index < -0.39 is 0 Å². The van der Waals surface area contributed by atoms with Crippen molar-refractivity contribution in [1.82, 2.24) is 19.6 Å². The fraction of sp³-hybridized carbons (Fsp3) is 0.350. The van der Waals surface area contributed by atoms with Gasteiger partial charge in [0, 0.05) is 10.6 Å². The second-order valence-corrected chi connectivity index (χ2v) is 9.89. The van der Waals surface area contributed by atoms with Gasteiger partial charge in [0.05, 0.1) is 5.39 Å². The third kappa shape index (κ3) is 3.15. The van der Waals surface area contributed by atoms with Gasteiger partial charge in [-0.2, -0.15) is 0 Å². The molecular formula is C20H20N4S3. The molecule has 27 heavy (non-hydrogen) atoms. The number of aromatic nitrogens is 4. The molecule has 5 rings (SSSR count). The van der Waals surface area contributed by atoms with Crippen LogP contribution in [0.2, 0.25) is 0 Å². The molecule has 0 aliphatic heterocycles. The zero-order valence-corrected chi connectivity index (χ0v) is 17.6. The van der Waals surface area contributed by atoms with Gasteiger partial charge in [0.15, 0.2) is 16.0 Å². The Hall–Kier alpha value is -1.57. The molecular weight excluding hydrogens is 392 g/mol. The van der Waals surface area contributed by atoms with Crippen molar-refractivity contribution >= 4 is 50.7 Å². The Bertz CT molecular complexity index is 1100. The maximum Gasteiger partial charge on any atom is 0.197 e. The lowest BCUT2D eigenvalue weighted by atomic mass is 9.97. The standard InChI is InChI=1S/C20H20N4S3/c1-2-25-20-23-22-17-16-14-10-6-7-11-15(14)27-18(16)21-19(24(17)20)26-12-13-8-4-3-5-9-13/h3-5,8-9H,2,6-7,10-12H2,1H3. The monoisotopic (exact) mass is 412 g/mol. The lowest BCUT2D eigenvalue weighted by Crippen LogP contribution is -2.01. The van der Waals surface area contributed by atoms with Crippen LogP contribution in [0.15, 0.2) is 40.6 Å². The fourth-order valence-corrected chi connectivity index (χ4v) is 6.62. The van der Waals surface area contributed by atoms with Crippen molar-refractivity contribution in [1.29, 1.82) is 0 Å². The molecule has 0 spiro atoms. The first kappa shape index (κ1) is 17.5. The van der Waals surface area contributed by atoms with Gasteiger partial charge in [0.25, 0.3) is 0 Å². The summed E-state index contributed by atoms with van der Waals surface area (Å²) < 4.78 is 2.19. The Labute approximate surface area is 170 Å². The number of nitrogens with zero attached hydrogens (tertiary/aromatic N) is 4. The molecule has 0 fully saturated rings. The number of hydrogen-bond donors (Lipinski definition) is 0. The average Bonchev–Trinajstić information content (AvgIpc) is 3.28. The predicted octanol–water partition coefficient (Wildman–Crippen LogP) is 5.62. The van der Waals surface area contributed by atoms with E-state index in [0.717, 1.165) is 38.7 Å². The van der Waals surface area contributed by atoms with Crippen molar-refractivity contribution in [3.05, 3.63) is 46.3 Å². The average molecular weight is 413 g/mol. The van der Waals surface area contributed by atoms with Gasteiger partial charge in [0.2, 0.25) is 0 Å². The molecule has 0 saturated heterocycles. The molecule has 0 N–H and O–H groups in total. The molecule has 0 atom stereocenters. The summed E-state index contributed by atoms with van der Waals surface area (Å²) in [7, 11) is 0. The van der Waals surface area contributed by atoms with E-state index >= 15 is 0 Å². The Balaban J connectivity index is 1.66. The normalized spacial score (nSPS) is 14.1. The molecule has 0 radical (unpaired) electrons. The second kappa shape index (κ2) is 7.45. The molecule has 1 aliphatic carbocycles. The minimum atomic E-state index is 0.897. The molecule has 0 saturated carbocycles. The molecule has 3 aromatic heterocycles. The van der Waals surface area contributed by atoms with E-state index in [-0.39, 0.29) is 0 Å². The first-order chi connectivity index (χ1) is 13.3. The van der Waals surface area contributed by atoms with Crippen LogP contribution in [0.4, 0.5) is 0 Å². The van der Waals surface area contributed by atoms with Crippen molar-refractivity contribution in [2.75, 3.05) is 5.75 Å². The molecule has 138 valence electrons. The summed E-state index contributed by atoms with van der Waals surface area (Å²) in [6, 6.07) is 10.6. The largest absolute Gasteiger partial charge is 0.247 e. The van der Waals surface area contributed by atoms with E-state index in [2.05, 4.69) is 51.9 Å². The molecule has 4 nitrogen and oxygen atoms in total. The van der Waals surface area contributed by atoms with E-state index in [0.29, 0.717) is 0 Å². The molecule has 1 aliphatic rings. The quantitative estimate of drug-likeness (QED) is 0.314. The van der Waals surface area contributed by atoms with Crippen molar-refractivity contribution in [3.8, 4) is 0 Å². The summed E-state index contributed by atoms with van der Waals surface area (Å²) >= 11 is 5.37. The summed E-state index contributed by atoms with van der Waals surface area (Å²) in [6.45, 7) is 2.15. The fourth-order valence-electron chi connectivity index (χ4n) is 3.64. The van der Waals surface area contributed by atoms with Crippen LogP contribution in [-0.4, -0.2) is 25.3 Å². The summed E-state index contributed by atoms with van der Waals surface area (Å²) in [5, 5.41) is 12.3. The topological polar surface area (TPSA) is 43.1 Å². The highest BCUT2D eigenvalue weighted by Gasteiger charge is 2.23. The third-order valence-electron chi connectivity index (χ3n) is 4.88. The zero-order valence-electron chi connectivity index (χ0n) is 15.1. The van der Waals surface area contributed by atoms with Gasteiger partial charge in [-0.3, -0.25) is 0 Å². The van der Waals surface area contributed by atoms with Gasteiger partial charge in [-0.05, 0) is 42.6 Å². The Morgan fingerprint density at radius 2 is 1.89 bits per heavy atom. The van der Waals surface area contributed by atoms with Crippen molar-refractivity contribution in [2.45, 2.75) is 48.7 Å². The van der Waals surface area contributed by atoms with Crippen LogP contribution in [0.3, 0.4) is 0 Å². The van der Waals surface area contributed by atoms with E-state index in [9.17, 15) is 0 Å². The number of thioether (sulfide) groups is 2. The van der Waals surface area contributed by atoms with Crippen LogP contribution in [0.1, 0.15) is 35.8 Å².